The molecule has 2 nitrogen and oxygen atoms in total. The SMILES string of the molecule is Cc1ccc(N2CCN(CC3CC3)CC2)c(CCl)c1. The van der Waals surface area contributed by atoms with Crippen LogP contribution in [0.2, 0.25) is 0 Å². The predicted molar refractivity (Wildman–Crippen MR) is 82.1 cm³/mol. The number of halogens is 1. The molecule has 0 amide bonds. The second kappa shape index (κ2) is 5.72. The Kier molecular flexibility index (Phi) is 3.99. The van der Waals surface area contributed by atoms with Crippen molar-refractivity contribution in [1.29, 1.82) is 0 Å². The molecular formula is C16H23ClN2. The summed E-state index contributed by atoms with van der Waals surface area (Å²) in [5, 5.41) is 0. The van der Waals surface area contributed by atoms with E-state index < -0.39 is 0 Å². The molecular weight excluding hydrogens is 256 g/mol. The number of aryl methyl sites for hydroxylation is 1. The largest absolute Gasteiger partial charge is 0.369 e. The van der Waals surface area contributed by atoms with Crippen LogP contribution in [0.3, 0.4) is 0 Å². The van der Waals surface area contributed by atoms with E-state index in [1.807, 2.05) is 0 Å². The maximum absolute atomic E-state index is 6.09. The molecule has 3 heteroatoms. The summed E-state index contributed by atoms with van der Waals surface area (Å²) in [4.78, 5) is 5.13. The molecule has 0 atom stereocenters. The minimum absolute atomic E-state index is 0.610. The highest BCUT2D eigenvalue weighted by Crippen LogP contribution is 2.30. The van der Waals surface area contributed by atoms with Gasteiger partial charge in [0, 0.05) is 44.3 Å². The molecule has 1 aliphatic carbocycles. The maximum Gasteiger partial charge on any atom is 0.0494 e. The molecule has 1 aliphatic heterocycles. The summed E-state index contributed by atoms with van der Waals surface area (Å²) < 4.78 is 0. The summed E-state index contributed by atoms with van der Waals surface area (Å²) in [5.74, 6) is 1.61. The molecule has 2 fully saturated rings. The third kappa shape index (κ3) is 3.24. The Morgan fingerprint density at radius 1 is 1.16 bits per heavy atom. The zero-order chi connectivity index (χ0) is 13.2. The van der Waals surface area contributed by atoms with Gasteiger partial charge in [0.1, 0.15) is 0 Å². The van der Waals surface area contributed by atoms with Gasteiger partial charge in [0.2, 0.25) is 0 Å². The van der Waals surface area contributed by atoms with E-state index in [0.29, 0.717) is 5.88 Å². The summed E-state index contributed by atoms with van der Waals surface area (Å²) in [6, 6.07) is 6.66. The van der Waals surface area contributed by atoms with E-state index in [1.165, 1.54) is 49.3 Å². The normalized spacial score (nSPS) is 20.8. The Morgan fingerprint density at radius 3 is 2.53 bits per heavy atom. The molecule has 0 bridgehead atoms. The van der Waals surface area contributed by atoms with Gasteiger partial charge in [-0.15, -0.1) is 11.6 Å². The fourth-order valence-corrected chi connectivity index (χ4v) is 3.18. The first-order valence-electron chi connectivity index (χ1n) is 7.39. The summed E-state index contributed by atoms with van der Waals surface area (Å²) in [7, 11) is 0. The Hall–Kier alpha value is -0.730. The molecule has 1 aromatic rings. The predicted octanol–water partition coefficient (Wildman–Crippen LogP) is 3.27. The van der Waals surface area contributed by atoms with Gasteiger partial charge >= 0.3 is 0 Å². The first-order chi connectivity index (χ1) is 9.26. The van der Waals surface area contributed by atoms with Crippen molar-refractivity contribution in [3.8, 4) is 0 Å². The average molecular weight is 279 g/mol. The summed E-state index contributed by atoms with van der Waals surface area (Å²) in [5.41, 5.74) is 3.91. The van der Waals surface area contributed by atoms with Crippen molar-refractivity contribution in [3.05, 3.63) is 29.3 Å². The summed E-state index contributed by atoms with van der Waals surface area (Å²) >= 11 is 6.09. The Morgan fingerprint density at radius 2 is 1.89 bits per heavy atom. The van der Waals surface area contributed by atoms with E-state index in [2.05, 4.69) is 34.9 Å². The molecule has 0 aromatic heterocycles. The van der Waals surface area contributed by atoms with Crippen molar-refractivity contribution in [2.75, 3.05) is 37.6 Å². The van der Waals surface area contributed by atoms with Gasteiger partial charge in [0.05, 0.1) is 0 Å². The van der Waals surface area contributed by atoms with Crippen LogP contribution in [0.4, 0.5) is 5.69 Å². The van der Waals surface area contributed by atoms with Crippen LogP contribution >= 0.6 is 11.6 Å². The standard InChI is InChI=1S/C16H23ClN2/c1-13-2-5-16(15(10-13)11-17)19-8-6-18(7-9-19)12-14-3-4-14/h2,5,10,14H,3-4,6-9,11-12H2,1H3. The van der Waals surface area contributed by atoms with E-state index in [-0.39, 0.29) is 0 Å². The molecule has 0 radical (unpaired) electrons. The quantitative estimate of drug-likeness (QED) is 0.780. The fraction of sp³-hybridized carbons (Fsp3) is 0.625. The second-order valence-corrected chi connectivity index (χ2v) is 6.26. The average Bonchev–Trinajstić information content (AvgIpc) is 3.24. The molecule has 3 rings (SSSR count). The van der Waals surface area contributed by atoms with Gasteiger partial charge in [-0.2, -0.15) is 0 Å². The lowest BCUT2D eigenvalue weighted by molar-refractivity contribution is 0.248. The van der Waals surface area contributed by atoms with Gasteiger partial charge in [-0.25, -0.2) is 0 Å². The topological polar surface area (TPSA) is 6.48 Å². The highest BCUT2D eigenvalue weighted by Gasteiger charge is 2.26. The van der Waals surface area contributed by atoms with E-state index in [1.54, 1.807) is 0 Å². The Balaban J connectivity index is 1.63. The van der Waals surface area contributed by atoms with Gasteiger partial charge in [-0.1, -0.05) is 17.7 Å². The lowest BCUT2D eigenvalue weighted by Gasteiger charge is -2.37. The van der Waals surface area contributed by atoms with Crippen molar-refractivity contribution in [1.82, 2.24) is 4.90 Å². The van der Waals surface area contributed by atoms with Crippen LogP contribution in [-0.2, 0) is 5.88 Å². The van der Waals surface area contributed by atoms with Gasteiger partial charge in [0.25, 0.3) is 0 Å². The number of nitrogens with zero attached hydrogens (tertiary/aromatic N) is 2. The first-order valence-corrected chi connectivity index (χ1v) is 7.92. The van der Waals surface area contributed by atoms with E-state index >= 15 is 0 Å². The Bertz CT molecular complexity index is 434. The van der Waals surface area contributed by atoms with Crippen LogP contribution in [-0.4, -0.2) is 37.6 Å². The minimum atomic E-state index is 0.610. The molecule has 19 heavy (non-hydrogen) atoms. The molecule has 0 N–H and O–H groups in total. The lowest BCUT2D eigenvalue weighted by Crippen LogP contribution is -2.47. The lowest BCUT2D eigenvalue weighted by atomic mass is 10.1. The Labute approximate surface area is 121 Å². The number of rotatable bonds is 4. The fourth-order valence-electron chi connectivity index (χ4n) is 2.97. The zero-order valence-corrected chi connectivity index (χ0v) is 12.5. The molecule has 2 aliphatic rings. The number of alkyl halides is 1. The summed E-state index contributed by atoms with van der Waals surface area (Å²) in [6.45, 7) is 8.13. The van der Waals surface area contributed by atoms with Crippen molar-refractivity contribution < 1.29 is 0 Å². The van der Waals surface area contributed by atoms with Gasteiger partial charge in [-0.05, 0) is 37.3 Å². The van der Waals surface area contributed by atoms with E-state index in [4.69, 9.17) is 11.6 Å². The number of piperazine rings is 1. The summed E-state index contributed by atoms with van der Waals surface area (Å²) in [6.07, 6.45) is 2.91. The minimum Gasteiger partial charge on any atom is -0.369 e. The first kappa shape index (κ1) is 13.3. The highest BCUT2D eigenvalue weighted by molar-refractivity contribution is 6.17. The van der Waals surface area contributed by atoms with E-state index in [9.17, 15) is 0 Å². The number of benzene rings is 1. The van der Waals surface area contributed by atoms with Crippen LogP contribution in [0.5, 0.6) is 0 Å². The van der Waals surface area contributed by atoms with Crippen molar-refractivity contribution in [2.45, 2.75) is 25.6 Å². The highest BCUT2D eigenvalue weighted by atomic mass is 35.5. The zero-order valence-electron chi connectivity index (χ0n) is 11.7. The number of hydrogen-bond donors (Lipinski definition) is 0. The second-order valence-electron chi connectivity index (χ2n) is 6.00. The van der Waals surface area contributed by atoms with Crippen LogP contribution in [0, 0.1) is 12.8 Å². The molecule has 104 valence electrons. The number of hydrogen-bond acceptors (Lipinski definition) is 2. The number of anilines is 1. The molecule has 1 saturated carbocycles. The monoisotopic (exact) mass is 278 g/mol. The van der Waals surface area contributed by atoms with Crippen LogP contribution in [0.15, 0.2) is 18.2 Å². The van der Waals surface area contributed by atoms with E-state index in [0.717, 1.165) is 19.0 Å². The molecule has 0 unspecified atom stereocenters. The molecule has 1 aromatic carbocycles. The van der Waals surface area contributed by atoms with Gasteiger partial charge in [-0.3, -0.25) is 4.90 Å². The van der Waals surface area contributed by atoms with Gasteiger partial charge < -0.3 is 4.90 Å². The van der Waals surface area contributed by atoms with Crippen LogP contribution < -0.4 is 4.90 Å². The van der Waals surface area contributed by atoms with Gasteiger partial charge in [0.15, 0.2) is 0 Å². The van der Waals surface area contributed by atoms with Crippen LogP contribution in [0.1, 0.15) is 24.0 Å². The third-order valence-corrected chi connectivity index (χ3v) is 4.59. The molecule has 0 spiro atoms. The molecule has 1 heterocycles. The molecule has 1 saturated heterocycles. The maximum atomic E-state index is 6.09. The van der Waals surface area contributed by atoms with Crippen LogP contribution in [0.25, 0.3) is 0 Å². The van der Waals surface area contributed by atoms with Crippen molar-refractivity contribution >= 4 is 17.3 Å². The third-order valence-electron chi connectivity index (χ3n) is 4.31. The van der Waals surface area contributed by atoms with Crippen molar-refractivity contribution in [3.63, 3.8) is 0 Å². The van der Waals surface area contributed by atoms with Crippen molar-refractivity contribution in [2.24, 2.45) is 5.92 Å². The smallest absolute Gasteiger partial charge is 0.0494 e.